The molecule has 1 aromatic rings. The largest absolute Gasteiger partial charge is 0.155 e. The van der Waals surface area contributed by atoms with Crippen LogP contribution in [0.25, 0.3) is 0 Å². The fourth-order valence-electron chi connectivity index (χ4n) is 4.59. The number of nitrogens with zero attached hydrogens (tertiary/aromatic N) is 2. The van der Waals surface area contributed by atoms with Gasteiger partial charge in [0.05, 0.1) is 11.4 Å². The van der Waals surface area contributed by atoms with Crippen LogP contribution in [0.4, 0.5) is 0 Å². The standard InChI is InChI=1S/C15H18N2/c1-2-9(1)7-10-8-11-12-3-4-13(14(11)17-16-10)15(12)5-6-15/h8-9,12-13H,1-7H2/t12-,13+/m1/s1. The van der Waals surface area contributed by atoms with Crippen molar-refractivity contribution < 1.29 is 0 Å². The molecule has 3 saturated carbocycles. The van der Waals surface area contributed by atoms with Crippen LogP contribution in [0.3, 0.4) is 0 Å². The van der Waals surface area contributed by atoms with E-state index in [1.54, 1.807) is 5.56 Å². The Bertz CT molecular complexity index is 500. The molecule has 17 heavy (non-hydrogen) atoms. The zero-order valence-electron chi connectivity index (χ0n) is 10.2. The summed E-state index contributed by atoms with van der Waals surface area (Å²) in [6.07, 6.45) is 9.72. The molecule has 0 aromatic carbocycles. The van der Waals surface area contributed by atoms with Crippen molar-refractivity contribution >= 4 is 0 Å². The number of aromatic nitrogens is 2. The SMILES string of the molecule is c1c(CC2CC2)nnc2c1[C@H]1CC[C@@H]2C12CC2. The van der Waals surface area contributed by atoms with Gasteiger partial charge in [0, 0.05) is 5.92 Å². The fourth-order valence-corrected chi connectivity index (χ4v) is 4.59. The van der Waals surface area contributed by atoms with E-state index in [0.717, 1.165) is 17.8 Å². The first-order valence-corrected chi connectivity index (χ1v) is 7.23. The van der Waals surface area contributed by atoms with E-state index >= 15 is 0 Å². The third kappa shape index (κ3) is 1.07. The molecular weight excluding hydrogens is 208 g/mol. The molecule has 3 fully saturated rings. The van der Waals surface area contributed by atoms with E-state index in [1.165, 1.54) is 56.3 Å². The molecule has 2 nitrogen and oxygen atoms in total. The molecule has 2 heteroatoms. The van der Waals surface area contributed by atoms with Gasteiger partial charge in [-0.3, -0.25) is 0 Å². The monoisotopic (exact) mass is 226 g/mol. The zero-order chi connectivity index (χ0) is 11.0. The Morgan fingerprint density at radius 3 is 2.65 bits per heavy atom. The van der Waals surface area contributed by atoms with Crippen LogP contribution in [0.15, 0.2) is 6.07 Å². The summed E-state index contributed by atoms with van der Waals surface area (Å²) in [7, 11) is 0. The van der Waals surface area contributed by atoms with Gasteiger partial charge in [-0.15, -0.1) is 0 Å². The average Bonchev–Trinajstić information content (AvgIpc) is 3.21. The van der Waals surface area contributed by atoms with Crippen LogP contribution in [0.5, 0.6) is 0 Å². The summed E-state index contributed by atoms with van der Waals surface area (Å²) < 4.78 is 0. The summed E-state index contributed by atoms with van der Waals surface area (Å²) in [6.45, 7) is 0. The van der Waals surface area contributed by atoms with Crippen molar-refractivity contribution in [1.82, 2.24) is 10.2 Å². The first-order chi connectivity index (χ1) is 8.37. The minimum Gasteiger partial charge on any atom is -0.155 e. The number of hydrogen-bond donors (Lipinski definition) is 0. The summed E-state index contributed by atoms with van der Waals surface area (Å²) in [4.78, 5) is 0. The minimum atomic E-state index is 0.676. The maximum Gasteiger partial charge on any atom is 0.0702 e. The van der Waals surface area contributed by atoms with Gasteiger partial charge in [0.15, 0.2) is 0 Å². The number of rotatable bonds is 2. The molecular formula is C15H18N2. The van der Waals surface area contributed by atoms with Crippen molar-refractivity contribution in [3.8, 4) is 0 Å². The average molecular weight is 226 g/mol. The molecule has 1 aromatic heterocycles. The maximum absolute atomic E-state index is 4.61. The van der Waals surface area contributed by atoms with Crippen LogP contribution >= 0.6 is 0 Å². The molecule has 0 amide bonds. The molecule has 5 rings (SSSR count). The molecule has 0 aliphatic heterocycles. The second-order valence-corrected chi connectivity index (χ2v) is 6.74. The minimum absolute atomic E-state index is 0.676. The molecule has 4 aliphatic rings. The summed E-state index contributed by atoms with van der Waals surface area (Å²) in [5.74, 6) is 2.57. The second-order valence-electron chi connectivity index (χ2n) is 6.74. The van der Waals surface area contributed by atoms with Gasteiger partial charge in [0.25, 0.3) is 0 Å². The highest BCUT2D eigenvalue weighted by Gasteiger charge is 2.64. The number of fused-ring (bicyclic) bond motifs is 3. The van der Waals surface area contributed by atoms with Gasteiger partial charge in [0.1, 0.15) is 0 Å². The Balaban J connectivity index is 1.58. The molecule has 88 valence electrons. The van der Waals surface area contributed by atoms with Gasteiger partial charge in [-0.25, -0.2) is 0 Å². The highest BCUT2D eigenvalue weighted by atomic mass is 15.1. The van der Waals surface area contributed by atoms with E-state index in [4.69, 9.17) is 0 Å². The third-order valence-electron chi connectivity index (χ3n) is 5.76. The van der Waals surface area contributed by atoms with Crippen LogP contribution in [-0.2, 0) is 6.42 Å². The van der Waals surface area contributed by atoms with Gasteiger partial charge >= 0.3 is 0 Å². The van der Waals surface area contributed by atoms with E-state index < -0.39 is 0 Å². The Labute approximate surface area is 102 Å². The lowest BCUT2D eigenvalue weighted by Gasteiger charge is -2.13. The molecule has 2 atom stereocenters. The van der Waals surface area contributed by atoms with Crippen molar-refractivity contribution in [2.75, 3.05) is 0 Å². The first kappa shape index (κ1) is 9.07. The molecule has 0 saturated heterocycles. The van der Waals surface area contributed by atoms with Gasteiger partial charge in [0.2, 0.25) is 0 Å². The van der Waals surface area contributed by atoms with E-state index in [9.17, 15) is 0 Å². The smallest absolute Gasteiger partial charge is 0.0702 e. The molecule has 1 heterocycles. The van der Waals surface area contributed by atoms with Gasteiger partial charge < -0.3 is 0 Å². The lowest BCUT2D eigenvalue weighted by atomic mass is 9.91. The van der Waals surface area contributed by atoms with Crippen LogP contribution in [0.1, 0.15) is 67.3 Å². The van der Waals surface area contributed by atoms with E-state index in [1.807, 2.05) is 0 Å². The van der Waals surface area contributed by atoms with Crippen LogP contribution in [0.2, 0.25) is 0 Å². The van der Waals surface area contributed by atoms with Crippen molar-refractivity contribution in [2.24, 2.45) is 11.3 Å². The topological polar surface area (TPSA) is 25.8 Å². The van der Waals surface area contributed by atoms with E-state index in [0.29, 0.717) is 5.41 Å². The summed E-state index contributed by atoms with van der Waals surface area (Å²) >= 11 is 0. The van der Waals surface area contributed by atoms with Crippen LogP contribution < -0.4 is 0 Å². The number of hydrogen-bond acceptors (Lipinski definition) is 2. The molecule has 0 unspecified atom stereocenters. The second kappa shape index (κ2) is 2.73. The summed E-state index contributed by atoms with van der Waals surface area (Å²) in [5.41, 5.74) is 4.94. The van der Waals surface area contributed by atoms with Crippen LogP contribution in [0, 0.1) is 11.3 Å². The predicted octanol–water partition coefficient (Wildman–Crippen LogP) is 3.18. The van der Waals surface area contributed by atoms with Gasteiger partial charge in [-0.2, -0.15) is 10.2 Å². The lowest BCUT2D eigenvalue weighted by Crippen LogP contribution is -2.06. The molecule has 4 aliphatic carbocycles. The van der Waals surface area contributed by atoms with Crippen LogP contribution in [-0.4, -0.2) is 10.2 Å². The molecule has 2 bridgehead atoms. The van der Waals surface area contributed by atoms with Gasteiger partial charge in [-0.05, 0) is 73.8 Å². The molecule has 0 radical (unpaired) electrons. The van der Waals surface area contributed by atoms with Crippen molar-refractivity contribution in [3.05, 3.63) is 23.0 Å². The van der Waals surface area contributed by atoms with Crippen molar-refractivity contribution in [3.63, 3.8) is 0 Å². The molecule has 1 spiro atoms. The fraction of sp³-hybridized carbons (Fsp3) is 0.733. The van der Waals surface area contributed by atoms with Gasteiger partial charge in [-0.1, -0.05) is 0 Å². The Kier molecular flexibility index (Phi) is 1.46. The Morgan fingerprint density at radius 1 is 1.06 bits per heavy atom. The Morgan fingerprint density at radius 2 is 1.88 bits per heavy atom. The lowest BCUT2D eigenvalue weighted by molar-refractivity contribution is 0.456. The quantitative estimate of drug-likeness (QED) is 0.774. The summed E-state index contributed by atoms with van der Waals surface area (Å²) in [5, 5.41) is 9.10. The Hall–Kier alpha value is -0.920. The van der Waals surface area contributed by atoms with Crippen molar-refractivity contribution in [1.29, 1.82) is 0 Å². The van der Waals surface area contributed by atoms with E-state index in [2.05, 4.69) is 16.3 Å². The highest BCUT2D eigenvalue weighted by Crippen LogP contribution is 2.75. The highest BCUT2D eigenvalue weighted by molar-refractivity contribution is 5.44. The predicted molar refractivity (Wildman–Crippen MR) is 64.8 cm³/mol. The first-order valence-electron chi connectivity index (χ1n) is 7.23. The van der Waals surface area contributed by atoms with Crippen molar-refractivity contribution in [2.45, 2.75) is 56.8 Å². The van der Waals surface area contributed by atoms with E-state index in [-0.39, 0.29) is 0 Å². The summed E-state index contributed by atoms with van der Waals surface area (Å²) in [6, 6.07) is 2.42. The third-order valence-corrected chi connectivity index (χ3v) is 5.76. The normalized spacial score (nSPS) is 35.3. The maximum atomic E-state index is 4.61. The zero-order valence-corrected chi connectivity index (χ0v) is 10.2. The molecule has 0 N–H and O–H groups in total.